The van der Waals surface area contributed by atoms with Gasteiger partial charge in [-0.3, -0.25) is 14.3 Å². The largest absolute Gasteiger partial charge is 0.443 e. The van der Waals surface area contributed by atoms with E-state index < -0.39 is 5.60 Å². The molecule has 0 aliphatic carbocycles. The fourth-order valence-electron chi connectivity index (χ4n) is 4.88. The molecule has 0 radical (unpaired) electrons. The molecule has 2 aliphatic rings. The third-order valence-corrected chi connectivity index (χ3v) is 6.95. The minimum absolute atomic E-state index is 0.0564. The highest BCUT2D eigenvalue weighted by molar-refractivity contribution is 5.95. The second-order valence-corrected chi connectivity index (χ2v) is 9.21. The molecule has 4 aromatic rings. The lowest BCUT2D eigenvalue weighted by Crippen LogP contribution is -2.56. The normalized spacial score (nSPS) is 17.3. The first kappa shape index (κ1) is 21.4. The average Bonchev–Trinajstić information content (AvgIpc) is 3.55. The monoisotopic (exact) mass is 471 g/mol. The number of oxazole rings is 1. The number of fused-ring (bicyclic) bond motifs is 2. The van der Waals surface area contributed by atoms with E-state index in [9.17, 15) is 14.7 Å². The smallest absolute Gasteiger partial charge is 0.273 e. The number of rotatable bonds is 4. The summed E-state index contributed by atoms with van der Waals surface area (Å²) in [5.41, 5.74) is 6.80. The molecule has 1 saturated heterocycles. The number of hydrogen-bond donors (Lipinski definition) is 2. The first-order chi connectivity index (χ1) is 17.0. The SMILES string of the molecule is O=C(c1ccc(-c2ccc3ocnc3c2)cc1)N1CCC(O)(CN2CNn3cccc3C2=O)CC1. The van der Waals surface area contributed by atoms with E-state index in [2.05, 4.69) is 10.4 Å². The van der Waals surface area contributed by atoms with Crippen molar-refractivity contribution in [3.63, 3.8) is 0 Å². The average molecular weight is 472 g/mol. The van der Waals surface area contributed by atoms with Gasteiger partial charge in [-0.15, -0.1) is 0 Å². The van der Waals surface area contributed by atoms with Gasteiger partial charge in [0.25, 0.3) is 11.8 Å². The lowest BCUT2D eigenvalue weighted by Gasteiger charge is -2.42. The van der Waals surface area contributed by atoms with Crippen molar-refractivity contribution in [2.45, 2.75) is 18.4 Å². The van der Waals surface area contributed by atoms with Crippen LogP contribution in [0, 0.1) is 0 Å². The molecule has 0 spiro atoms. The van der Waals surface area contributed by atoms with Gasteiger partial charge in [0.15, 0.2) is 12.0 Å². The van der Waals surface area contributed by atoms with Crippen LogP contribution < -0.4 is 5.43 Å². The van der Waals surface area contributed by atoms with E-state index in [1.165, 1.54) is 6.39 Å². The third-order valence-electron chi connectivity index (χ3n) is 6.95. The Morgan fingerprint density at radius 3 is 2.66 bits per heavy atom. The Kier molecular flexibility index (Phi) is 5.07. The fraction of sp³-hybridized carbons (Fsp3) is 0.269. The third kappa shape index (κ3) is 3.93. The highest BCUT2D eigenvalue weighted by Gasteiger charge is 2.38. The molecule has 2 aromatic carbocycles. The van der Waals surface area contributed by atoms with Crippen LogP contribution in [0.5, 0.6) is 0 Å². The standard InChI is InChI=1S/C26H25N5O4/c32-24(19-5-3-18(4-6-19)20-7-8-23-21(14-20)27-17-35-23)29-12-9-26(34,10-13-29)15-30-16-28-31-11-1-2-22(31)25(30)33/h1-8,11,14,17,28,34H,9-10,12-13,15-16H2. The molecule has 6 rings (SSSR count). The summed E-state index contributed by atoms with van der Waals surface area (Å²) in [5.74, 6) is -0.164. The molecule has 0 bridgehead atoms. The van der Waals surface area contributed by atoms with E-state index in [4.69, 9.17) is 4.42 Å². The first-order valence-electron chi connectivity index (χ1n) is 11.6. The van der Waals surface area contributed by atoms with Crippen LogP contribution in [-0.2, 0) is 0 Å². The van der Waals surface area contributed by atoms with Gasteiger partial charge in [-0.1, -0.05) is 18.2 Å². The van der Waals surface area contributed by atoms with E-state index in [1.54, 1.807) is 26.7 Å². The van der Waals surface area contributed by atoms with Gasteiger partial charge >= 0.3 is 0 Å². The summed E-state index contributed by atoms with van der Waals surface area (Å²) in [5, 5.41) is 11.2. The van der Waals surface area contributed by atoms with E-state index in [0.29, 0.717) is 43.9 Å². The molecule has 4 heterocycles. The molecule has 2 aliphatic heterocycles. The maximum Gasteiger partial charge on any atom is 0.273 e. The quantitative estimate of drug-likeness (QED) is 0.474. The van der Waals surface area contributed by atoms with Gasteiger partial charge < -0.3 is 24.7 Å². The number of benzene rings is 2. The number of amides is 2. The molecule has 9 nitrogen and oxygen atoms in total. The minimum Gasteiger partial charge on any atom is -0.443 e. The van der Waals surface area contributed by atoms with Crippen molar-refractivity contribution < 1.29 is 19.1 Å². The predicted octanol–water partition coefficient (Wildman–Crippen LogP) is 2.92. The van der Waals surface area contributed by atoms with Crippen LogP contribution in [0.25, 0.3) is 22.2 Å². The molecule has 1 fully saturated rings. The minimum atomic E-state index is -1.02. The van der Waals surface area contributed by atoms with Gasteiger partial charge in [0.1, 0.15) is 17.9 Å². The summed E-state index contributed by atoms with van der Waals surface area (Å²) < 4.78 is 6.99. The second kappa shape index (κ2) is 8.28. The number of aliphatic hydroxyl groups is 1. The Morgan fingerprint density at radius 2 is 1.86 bits per heavy atom. The molecule has 0 atom stereocenters. The highest BCUT2D eigenvalue weighted by atomic mass is 16.3. The molecule has 2 amide bonds. The molecule has 178 valence electrons. The highest BCUT2D eigenvalue weighted by Crippen LogP contribution is 2.27. The Morgan fingerprint density at radius 1 is 1.09 bits per heavy atom. The summed E-state index contributed by atoms with van der Waals surface area (Å²) in [6.07, 6.45) is 4.05. The first-order valence-corrected chi connectivity index (χ1v) is 11.6. The number of hydrogen-bond acceptors (Lipinski definition) is 6. The predicted molar refractivity (Wildman–Crippen MR) is 129 cm³/mol. The van der Waals surface area contributed by atoms with E-state index >= 15 is 0 Å². The molecular weight excluding hydrogens is 446 g/mol. The van der Waals surface area contributed by atoms with Crippen LogP contribution in [0.3, 0.4) is 0 Å². The van der Waals surface area contributed by atoms with Crippen molar-refractivity contribution in [3.05, 3.63) is 78.4 Å². The molecule has 0 saturated carbocycles. The Hall–Kier alpha value is -4.11. The summed E-state index contributed by atoms with van der Waals surface area (Å²) in [7, 11) is 0. The number of aromatic nitrogens is 2. The van der Waals surface area contributed by atoms with Gasteiger partial charge in [-0.25, -0.2) is 4.98 Å². The number of nitrogens with one attached hydrogen (secondary N) is 1. The van der Waals surface area contributed by atoms with Crippen molar-refractivity contribution in [1.82, 2.24) is 19.5 Å². The molecule has 0 unspecified atom stereocenters. The zero-order valence-electron chi connectivity index (χ0n) is 19.1. The summed E-state index contributed by atoms with van der Waals surface area (Å²) >= 11 is 0. The van der Waals surface area contributed by atoms with E-state index in [-0.39, 0.29) is 18.4 Å². The molecular formula is C26H25N5O4. The van der Waals surface area contributed by atoms with Crippen LogP contribution in [0.2, 0.25) is 0 Å². The Balaban J connectivity index is 1.09. The van der Waals surface area contributed by atoms with Gasteiger partial charge in [0.05, 0.1) is 12.1 Å². The van der Waals surface area contributed by atoms with Crippen molar-refractivity contribution >= 4 is 22.9 Å². The van der Waals surface area contributed by atoms with Crippen LogP contribution in [0.1, 0.15) is 33.7 Å². The van der Waals surface area contributed by atoms with Crippen molar-refractivity contribution in [2.75, 3.05) is 31.7 Å². The lowest BCUT2D eigenvalue weighted by atomic mass is 9.90. The van der Waals surface area contributed by atoms with Crippen molar-refractivity contribution in [2.24, 2.45) is 0 Å². The number of nitrogens with zero attached hydrogens (tertiary/aromatic N) is 4. The van der Waals surface area contributed by atoms with Gasteiger partial charge in [0.2, 0.25) is 0 Å². The number of carbonyl (C=O) groups excluding carboxylic acids is 2. The maximum atomic E-state index is 13.1. The van der Waals surface area contributed by atoms with E-state index in [0.717, 1.165) is 22.2 Å². The van der Waals surface area contributed by atoms with E-state index in [1.807, 2.05) is 48.5 Å². The number of β-amino-alcohol motifs (C(OH)–C–C–N with tert-alkyl or cyclic N) is 1. The summed E-state index contributed by atoms with van der Waals surface area (Å²) in [6.45, 7) is 1.44. The zero-order valence-corrected chi connectivity index (χ0v) is 19.1. The molecule has 35 heavy (non-hydrogen) atoms. The number of piperidine rings is 1. The van der Waals surface area contributed by atoms with Gasteiger partial charge in [0, 0.05) is 24.8 Å². The lowest BCUT2D eigenvalue weighted by molar-refractivity contribution is -0.0369. The number of likely N-dealkylation sites (tertiary alicyclic amines) is 1. The fourth-order valence-corrected chi connectivity index (χ4v) is 4.88. The molecule has 2 aromatic heterocycles. The van der Waals surface area contributed by atoms with Crippen LogP contribution in [0.4, 0.5) is 0 Å². The Labute approximate surface area is 201 Å². The topological polar surface area (TPSA) is 104 Å². The van der Waals surface area contributed by atoms with Crippen molar-refractivity contribution in [1.29, 1.82) is 0 Å². The molecule has 2 N–H and O–H groups in total. The number of carbonyl (C=O) groups is 2. The zero-order chi connectivity index (χ0) is 24.0. The summed E-state index contributed by atoms with van der Waals surface area (Å²) in [6, 6.07) is 16.9. The maximum absolute atomic E-state index is 13.1. The summed E-state index contributed by atoms with van der Waals surface area (Å²) in [4.78, 5) is 33.4. The Bertz CT molecular complexity index is 1400. The second-order valence-electron chi connectivity index (χ2n) is 9.21. The van der Waals surface area contributed by atoms with Crippen LogP contribution in [0.15, 0.2) is 71.6 Å². The van der Waals surface area contributed by atoms with Crippen molar-refractivity contribution in [3.8, 4) is 11.1 Å². The van der Waals surface area contributed by atoms with Crippen LogP contribution in [-0.4, -0.2) is 68.3 Å². The van der Waals surface area contributed by atoms with Crippen LogP contribution >= 0.6 is 0 Å². The van der Waals surface area contributed by atoms with Gasteiger partial charge in [-0.2, -0.15) is 0 Å². The van der Waals surface area contributed by atoms with Gasteiger partial charge in [-0.05, 0) is 60.4 Å². The molecule has 9 heteroatoms.